The first-order chi connectivity index (χ1) is 15.0. The van der Waals surface area contributed by atoms with Crippen LogP contribution >= 0.6 is 0 Å². The number of carbonyl (C=O) groups excluding carboxylic acids is 2. The zero-order chi connectivity index (χ0) is 21.8. The van der Waals surface area contributed by atoms with Gasteiger partial charge in [-0.25, -0.2) is 4.79 Å². The summed E-state index contributed by atoms with van der Waals surface area (Å²) in [4.78, 5) is 25.8. The van der Waals surface area contributed by atoms with Crippen LogP contribution in [0.3, 0.4) is 0 Å². The molecule has 0 heterocycles. The number of aromatic hydroxyl groups is 1. The van der Waals surface area contributed by atoms with Crippen LogP contribution in [0.2, 0.25) is 0 Å². The number of rotatable bonds is 5. The average molecular weight is 408 g/mol. The molecule has 4 nitrogen and oxygen atoms in total. The molecule has 0 atom stereocenters. The molecule has 31 heavy (non-hydrogen) atoms. The fraction of sp³-hybridized carbons (Fsp3) is 0.0370. The minimum Gasteiger partial charge on any atom is -0.508 e. The van der Waals surface area contributed by atoms with E-state index in [9.17, 15) is 14.7 Å². The highest BCUT2D eigenvalue weighted by atomic mass is 16.5. The fourth-order valence-electron chi connectivity index (χ4n) is 3.27. The standard InChI is InChI=1S/C27H20O4/c1-18-7-9-19(10-8-18)24-16-15-23(31-27(30)21-5-3-2-4-6-21)17-25(24)26(29)20-11-13-22(28)14-12-20/h2-17,28H,1H3. The van der Waals surface area contributed by atoms with Gasteiger partial charge in [-0.1, -0.05) is 48.0 Å². The number of carbonyl (C=O) groups is 2. The molecule has 0 aliphatic heterocycles. The topological polar surface area (TPSA) is 63.6 Å². The molecular weight excluding hydrogens is 388 g/mol. The van der Waals surface area contributed by atoms with E-state index in [0.717, 1.165) is 16.7 Å². The molecule has 0 aliphatic rings. The Labute approximate surface area is 180 Å². The van der Waals surface area contributed by atoms with Gasteiger partial charge in [0.15, 0.2) is 5.78 Å². The third-order valence-corrected chi connectivity index (χ3v) is 4.95. The monoisotopic (exact) mass is 408 g/mol. The minimum atomic E-state index is -0.494. The summed E-state index contributed by atoms with van der Waals surface area (Å²) < 4.78 is 5.53. The van der Waals surface area contributed by atoms with Gasteiger partial charge in [-0.3, -0.25) is 4.79 Å². The number of hydrogen-bond donors (Lipinski definition) is 1. The van der Waals surface area contributed by atoms with Crippen LogP contribution in [0, 0.1) is 6.92 Å². The molecule has 4 heteroatoms. The summed E-state index contributed by atoms with van der Waals surface area (Å²) in [6.07, 6.45) is 0. The summed E-state index contributed by atoms with van der Waals surface area (Å²) in [6.45, 7) is 2.00. The average Bonchev–Trinajstić information content (AvgIpc) is 2.80. The second-order valence-corrected chi connectivity index (χ2v) is 7.20. The van der Waals surface area contributed by atoms with E-state index in [0.29, 0.717) is 16.7 Å². The second kappa shape index (κ2) is 8.67. The second-order valence-electron chi connectivity index (χ2n) is 7.20. The van der Waals surface area contributed by atoms with Gasteiger partial charge < -0.3 is 9.84 Å². The summed E-state index contributed by atoms with van der Waals surface area (Å²) in [6, 6.07) is 27.7. The third kappa shape index (κ3) is 4.54. The van der Waals surface area contributed by atoms with Gasteiger partial charge in [0, 0.05) is 11.1 Å². The molecule has 0 amide bonds. The van der Waals surface area contributed by atoms with Crippen LogP contribution in [-0.4, -0.2) is 16.9 Å². The lowest BCUT2D eigenvalue weighted by Gasteiger charge is -2.12. The van der Waals surface area contributed by atoms with E-state index in [-0.39, 0.29) is 17.3 Å². The smallest absolute Gasteiger partial charge is 0.343 e. The van der Waals surface area contributed by atoms with Crippen LogP contribution in [0.1, 0.15) is 31.8 Å². The number of phenolic OH excluding ortho intramolecular Hbond substituents is 1. The first-order valence-corrected chi connectivity index (χ1v) is 9.83. The third-order valence-electron chi connectivity index (χ3n) is 4.95. The van der Waals surface area contributed by atoms with Crippen molar-refractivity contribution in [3.63, 3.8) is 0 Å². The molecule has 0 fully saturated rings. The summed E-state index contributed by atoms with van der Waals surface area (Å²) in [5.74, 6) is -0.354. The Morgan fingerprint density at radius 2 is 1.42 bits per heavy atom. The van der Waals surface area contributed by atoms with E-state index in [4.69, 9.17) is 4.74 Å². The van der Waals surface area contributed by atoms with Gasteiger partial charge in [0.2, 0.25) is 0 Å². The van der Waals surface area contributed by atoms with Gasteiger partial charge in [-0.2, -0.15) is 0 Å². The Kier molecular flexibility index (Phi) is 5.63. The first kappa shape index (κ1) is 20.1. The lowest BCUT2D eigenvalue weighted by atomic mass is 9.93. The Morgan fingerprint density at radius 3 is 2.10 bits per heavy atom. The van der Waals surface area contributed by atoms with E-state index in [2.05, 4.69) is 0 Å². The molecule has 0 saturated carbocycles. The van der Waals surface area contributed by atoms with Gasteiger partial charge in [0.25, 0.3) is 0 Å². The predicted octanol–water partition coefficient (Wildman–Crippen LogP) is 5.82. The first-order valence-electron chi connectivity index (χ1n) is 9.83. The van der Waals surface area contributed by atoms with Crippen LogP contribution in [0.4, 0.5) is 0 Å². The van der Waals surface area contributed by atoms with Crippen molar-refractivity contribution in [2.75, 3.05) is 0 Å². The zero-order valence-corrected chi connectivity index (χ0v) is 16.9. The molecule has 152 valence electrons. The van der Waals surface area contributed by atoms with E-state index in [1.807, 2.05) is 37.3 Å². The number of ether oxygens (including phenoxy) is 1. The maximum absolute atomic E-state index is 13.3. The molecule has 4 aromatic carbocycles. The molecule has 0 bridgehead atoms. The van der Waals surface area contributed by atoms with Crippen LogP contribution < -0.4 is 4.74 Å². The van der Waals surface area contributed by atoms with Crippen LogP contribution in [0.15, 0.2) is 97.1 Å². The Bertz CT molecular complexity index is 1220. The number of ketones is 1. The van der Waals surface area contributed by atoms with Crippen molar-refractivity contribution in [1.82, 2.24) is 0 Å². The predicted molar refractivity (Wildman–Crippen MR) is 120 cm³/mol. The summed E-state index contributed by atoms with van der Waals surface area (Å²) in [5.41, 5.74) is 4.00. The Hall–Kier alpha value is -4.18. The molecule has 1 N–H and O–H groups in total. The van der Waals surface area contributed by atoms with Gasteiger partial charge in [-0.05, 0) is 72.6 Å². The number of hydrogen-bond acceptors (Lipinski definition) is 4. The van der Waals surface area contributed by atoms with Crippen molar-refractivity contribution >= 4 is 11.8 Å². The van der Waals surface area contributed by atoms with Gasteiger partial charge >= 0.3 is 5.97 Å². The van der Waals surface area contributed by atoms with Crippen molar-refractivity contribution in [1.29, 1.82) is 0 Å². The van der Waals surface area contributed by atoms with Crippen LogP contribution in [-0.2, 0) is 0 Å². The molecule has 4 rings (SSSR count). The van der Waals surface area contributed by atoms with Gasteiger partial charge in [-0.15, -0.1) is 0 Å². The van der Waals surface area contributed by atoms with Crippen molar-refractivity contribution in [3.05, 3.63) is 119 Å². The number of phenols is 1. The van der Waals surface area contributed by atoms with E-state index < -0.39 is 5.97 Å². The van der Waals surface area contributed by atoms with Gasteiger partial charge in [0.05, 0.1) is 5.56 Å². The lowest BCUT2D eigenvalue weighted by molar-refractivity contribution is 0.0734. The summed E-state index contributed by atoms with van der Waals surface area (Å²) in [5, 5.41) is 9.55. The van der Waals surface area contributed by atoms with E-state index in [1.165, 1.54) is 12.1 Å². The highest BCUT2D eigenvalue weighted by Crippen LogP contribution is 2.30. The molecule has 0 radical (unpaired) electrons. The highest BCUT2D eigenvalue weighted by Gasteiger charge is 2.18. The lowest BCUT2D eigenvalue weighted by Crippen LogP contribution is -2.10. The van der Waals surface area contributed by atoms with E-state index in [1.54, 1.807) is 54.6 Å². The largest absolute Gasteiger partial charge is 0.508 e. The molecule has 0 spiro atoms. The summed E-state index contributed by atoms with van der Waals surface area (Å²) >= 11 is 0. The van der Waals surface area contributed by atoms with Crippen LogP contribution in [0.25, 0.3) is 11.1 Å². The van der Waals surface area contributed by atoms with Crippen molar-refractivity contribution in [3.8, 4) is 22.6 Å². The van der Waals surface area contributed by atoms with Gasteiger partial charge in [0.1, 0.15) is 11.5 Å². The molecule has 0 aromatic heterocycles. The summed E-state index contributed by atoms with van der Waals surface area (Å²) in [7, 11) is 0. The zero-order valence-electron chi connectivity index (χ0n) is 16.9. The number of benzene rings is 4. The fourth-order valence-corrected chi connectivity index (χ4v) is 3.27. The maximum Gasteiger partial charge on any atom is 0.343 e. The molecule has 4 aromatic rings. The number of aryl methyl sites for hydroxylation is 1. The van der Waals surface area contributed by atoms with Crippen molar-refractivity contribution in [2.24, 2.45) is 0 Å². The molecular formula is C27H20O4. The van der Waals surface area contributed by atoms with E-state index >= 15 is 0 Å². The Balaban J connectivity index is 1.75. The molecule has 0 unspecified atom stereocenters. The van der Waals surface area contributed by atoms with Crippen molar-refractivity contribution in [2.45, 2.75) is 6.92 Å². The molecule has 0 saturated heterocycles. The molecule has 0 aliphatic carbocycles. The maximum atomic E-state index is 13.3. The normalized spacial score (nSPS) is 10.5. The van der Waals surface area contributed by atoms with Crippen LogP contribution in [0.5, 0.6) is 11.5 Å². The minimum absolute atomic E-state index is 0.0841. The van der Waals surface area contributed by atoms with Crippen molar-refractivity contribution < 1.29 is 19.4 Å². The number of esters is 1. The Morgan fingerprint density at radius 1 is 0.742 bits per heavy atom. The highest BCUT2D eigenvalue weighted by molar-refractivity contribution is 6.13. The SMILES string of the molecule is Cc1ccc(-c2ccc(OC(=O)c3ccccc3)cc2C(=O)c2ccc(O)cc2)cc1. The quantitative estimate of drug-likeness (QED) is 0.257.